The Bertz CT molecular complexity index is 1160. The third-order valence-electron chi connectivity index (χ3n) is 6.49. The molecule has 0 saturated carbocycles. The van der Waals surface area contributed by atoms with Gasteiger partial charge >= 0.3 is 5.97 Å². The number of carbonyl (C=O) groups is 2. The van der Waals surface area contributed by atoms with Gasteiger partial charge in [-0.25, -0.2) is 9.78 Å². The Morgan fingerprint density at radius 1 is 1.27 bits per heavy atom. The number of fused-ring (bicyclic) bond motifs is 1. The van der Waals surface area contributed by atoms with Gasteiger partial charge in [0.25, 0.3) is 5.91 Å². The highest BCUT2D eigenvalue weighted by atomic mass is 16.5. The maximum atomic E-state index is 12.5. The minimum atomic E-state index is -0.220. The smallest absolute Gasteiger partial charge is 0.338 e. The quantitative estimate of drug-likeness (QED) is 0.540. The summed E-state index contributed by atoms with van der Waals surface area (Å²) in [5, 5.41) is 14.0. The molecule has 2 aliphatic rings. The summed E-state index contributed by atoms with van der Waals surface area (Å²) in [5.74, 6) is 0.0200. The van der Waals surface area contributed by atoms with Crippen LogP contribution in [-0.4, -0.2) is 68.1 Å². The van der Waals surface area contributed by atoms with Crippen LogP contribution in [0.4, 0.5) is 0 Å². The number of cyclic esters (lactones) is 1. The summed E-state index contributed by atoms with van der Waals surface area (Å²) in [6, 6.07) is 7.37. The number of carbonyl (C=O) groups excluding carboxylic acids is 2. The highest BCUT2D eigenvalue weighted by Gasteiger charge is 2.25. The number of amides is 1. The SMILES string of the molecule is Cc1c(CCN2CCC(CNC(=O)c3ccc(-n4cnnn4)cn3)C2)ccc2c1COC2=O. The van der Waals surface area contributed by atoms with E-state index in [4.69, 9.17) is 4.74 Å². The molecule has 1 saturated heterocycles. The Labute approximate surface area is 190 Å². The topological polar surface area (TPSA) is 115 Å². The Kier molecular flexibility index (Phi) is 5.82. The van der Waals surface area contributed by atoms with Crippen molar-refractivity contribution in [3.63, 3.8) is 0 Å². The van der Waals surface area contributed by atoms with Crippen molar-refractivity contribution in [2.45, 2.75) is 26.4 Å². The zero-order chi connectivity index (χ0) is 22.8. The van der Waals surface area contributed by atoms with Crippen molar-refractivity contribution in [1.82, 2.24) is 35.4 Å². The number of ether oxygens (including phenoxy) is 1. The summed E-state index contributed by atoms with van der Waals surface area (Å²) in [6.45, 7) is 6.01. The van der Waals surface area contributed by atoms with Crippen LogP contribution in [0.2, 0.25) is 0 Å². The normalized spacial score (nSPS) is 17.7. The molecular weight excluding hydrogens is 422 g/mol. The first-order valence-electron chi connectivity index (χ1n) is 11.1. The molecule has 1 aromatic carbocycles. The molecule has 10 nitrogen and oxygen atoms in total. The van der Waals surface area contributed by atoms with Gasteiger partial charge < -0.3 is 15.0 Å². The highest BCUT2D eigenvalue weighted by Crippen LogP contribution is 2.26. The molecule has 1 atom stereocenters. The summed E-state index contributed by atoms with van der Waals surface area (Å²) in [7, 11) is 0. The molecule has 0 bridgehead atoms. The van der Waals surface area contributed by atoms with E-state index in [9.17, 15) is 9.59 Å². The Balaban J connectivity index is 1.09. The van der Waals surface area contributed by atoms with Gasteiger partial charge in [0.2, 0.25) is 0 Å². The molecule has 10 heteroatoms. The zero-order valence-electron chi connectivity index (χ0n) is 18.4. The molecule has 0 radical (unpaired) electrons. The summed E-state index contributed by atoms with van der Waals surface area (Å²) in [5.41, 5.74) is 5.23. The molecule has 1 N–H and O–H groups in total. The van der Waals surface area contributed by atoms with Crippen molar-refractivity contribution >= 4 is 11.9 Å². The van der Waals surface area contributed by atoms with Crippen LogP contribution in [-0.2, 0) is 17.8 Å². The van der Waals surface area contributed by atoms with E-state index >= 15 is 0 Å². The van der Waals surface area contributed by atoms with E-state index in [0.717, 1.165) is 38.0 Å². The van der Waals surface area contributed by atoms with Crippen LogP contribution in [0.3, 0.4) is 0 Å². The number of hydrogen-bond donors (Lipinski definition) is 1. The van der Waals surface area contributed by atoms with Crippen molar-refractivity contribution in [2.75, 3.05) is 26.2 Å². The van der Waals surface area contributed by atoms with Gasteiger partial charge in [-0.3, -0.25) is 4.79 Å². The molecule has 0 spiro atoms. The van der Waals surface area contributed by atoms with Gasteiger partial charge in [0.15, 0.2) is 0 Å². The fourth-order valence-electron chi connectivity index (χ4n) is 4.49. The number of tetrazole rings is 1. The number of rotatable bonds is 7. The number of esters is 1. The molecule has 1 fully saturated rings. The second kappa shape index (κ2) is 9.07. The minimum Gasteiger partial charge on any atom is -0.457 e. The van der Waals surface area contributed by atoms with Crippen LogP contribution < -0.4 is 5.32 Å². The van der Waals surface area contributed by atoms with Gasteiger partial charge in [0, 0.05) is 25.2 Å². The van der Waals surface area contributed by atoms with Gasteiger partial charge in [0.1, 0.15) is 18.6 Å². The standard InChI is InChI=1S/C23H25N7O3/c1-15-17(2-4-19-20(15)13-33-23(19)32)7-9-29-8-6-16(12-29)10-25-22(31)21-5-3-18(11-24-21)30-14-26-27-28-30/h2-5,11,14,16H,6-10,12-13H2,1H3,(H,25,31). The first-order valence-corrected chi connectivity index (χ1v) is 11.1. The van der Waals surface area contributed by atoms with E-state index < -0.39 is 0 Å². The van der Waals surface area contributed by atoms with Gasteiger partial charge in [0.05, 0.1) is 17.4 Å². The number of pyridine rings is 1. The fraction of sp³-hybridized carbons (Fsp3) is 0.391. The molecule has 2 aliphatic heterocycles. The molecule has 170 valence electrons. The lowest BCUT2D eigenvalue weighted by atomic mass is 9.97. The maximum Gasteiger partial charge on any atom is 0.338 e. The summed E-state index contributed by atoms with van der Waals surface area (Å²) < 4.78 is 6.64. The second-order valence-electron chi connectivity index (χ2n) is 8.52. The van der Waals surface area contributed by atoms with Crippen LogP contribution >= 0.6 is 0 Å². The van der Waals surface area contributed by atoms with Crippen LogP contribution in [0.5, 0.6) is 0 Å². The van der Waals surface area contributed by atoms with E-state index in [1.807, 2.05) is 12.1 Å². The van der Waals surface area contributed by atoms with Gasteiger partial charge in [-0.2, -0.15) is 4.68 Å². The predicted octanol–water partition coefficient (Wildman–Crippen LogP) is 1.33. The first-order chi connectivity index (χ1) is 16.1. The molecule has 5 rings (SSSR count). The molecule has 3 aromatic rings. The second-order valence-corrected chi connectivity index (χ2v) is 8.52. The minimum absolute atomic E-state index is 0.178. The third-order valence-corrected chi connectivity index (χ3v) is 6.49. The van der Waals surface area contributed by atoms with Crippen molar-refractivity contribution in [3.05, 3.63) is 64.7 Å². The third kappa shape index (κ3) is 4.47. The lowest BCUT2D eigenvalue weighted by molar-refractivity contribution is 0.0534. The molecule has 33 heavy (non-hydrogen) atoms. The highest BCUT2D eigenvalue weighted by molar-refractivity contribution is 5.94. The predicted molar refractivity (Wildman–Crippen MR) is 118 cm³/mol. The molecule has 0 aliphatic carbocycles. The van der Waals surface area contributed by atoms with Crippen LogP contribution in [0.1, 0.15) is 44.0 Å². The van der Waals surface area contributed by atoms with Crippen molar-refractivity contribution in [3.8, 4) is 5.69 Å². The largest absolute Gasteiger partial charge is 0.457 e. The average Bonchev–Trinajstić information content (AvgIpc) is 3.59. The Hall–Kier alpha value is -3.66. The summed E-state index contributed by atoms with van der Waals surface area (Å²) in [6.07, 6.45) is 5.04. The lowest BCUT2D eigenvalue weighted by Gasteiger charge is -2.17. The summed E-state index contributed by atoms with van der Waals surface area (Å²) in [4.78, 5) is 30.9. The number of nitrogens with one attached hydrogen (secondary N) is 1. The van der Waals surface area contributed by atoms with Crippen LogP contribution in [0, 0.1) is 12.8 Å². The first kappa shape index (κ1) is 21.2. The van der Waals surface area contributed by atoms with Gasteiger partial charge in [-0.15, -0.1) is 5.10 Å². The van der Waals surface area contributed by atoms with E-state index in [1.54, 1.807) is 18.3 Å². The number of benzene rings is 1. The molecule has 1 unspecified atom stereocenters. The van der Waals surface area contributed by atoms with Gasteiger partial charge in [-0.1, -0.05) is 6.07 Å². The number of nitrogens with zero attached hydrogens (tertiary/aromatic N) is 6. The fourth-order valence-corrected chi connectivity index (χ4v) is 4.49. The van der Waals surface area contributed by atoms with E-state index in [0.29, 0.717) is 36.0 Å². The Morgan fingerprint density at radius 2 is 2.18 bits per heavy atom. The summed E-state index contributed by atoms with van der Waals surface area (Å²) >= 11 is 0. The number of hydrogen-bond acceptors (Lipinski definition) is 8. The molecular formula is C23H25N7O3. The molecule has 1 amide bonds. The molecule has 2 aromatic heterocycles. The van der Waals surface area contributed by atoms with E-state index in [2.05, 4.69) is 37.6 Å². The number of aromatic nitrogens is 5. The monoisotopic (exact) mass is 447 g/mol. The van der Waals surface area contributed by atoms with Crippen LogP contribution in [0.15, 0.2) is 36.8 Å². The van der Waals surface area contributed by atoms with Crippen LogP contribution in [0.25, 0.3) is 5.69 Å². The average molecular weight is 447 g/mol. The Morgan fingerprint density at radius 3 is 2.97 bits per heavy atom. The maximum absolute atomic E-state index is 12.5. The van der Waals surface area contributed by atoms with Crippen molar-refractivity contribution in [2.24, 2.45) is 5.92 Å². The molecule has 4 heterocycles. The zero-order valence-corrected chi connectivity index (χ0v) is 18.4. The van der Waals surface area contributed by atoms with Crippen molar-refractivity contribution < 1.29 is 14.3 Å². The van der Waals surface area contributed by atoms with E-state index in [1.165, 1.54) is 22.1 Å². The number of likely N-dealkylation sites (tertiary alicyclic amines) is 1. The van der Waals surface area contributed by atoms with Crippen molar-refractivity contribution in [1.29, 1.82) is 0 Å². The van der Waals surface area contributed by atoms with Gasteiger partial charge in [-0.05, 0) is 72.0 Å². The lowest BCUT2D eigenvalue weighted by Crippen LogP contribution is -2.32. The van der Waals surface area contributed by atoms with E-state index in [-0.39, 0.29) is 11.9 Å².